The Balaban J connectivity index is 1.25. The van der Waals surface area contributed by atoms with Crippen molar-refractivity contribution in [3.63, 3.8) is 0 Å². The van der Waals surface area contributed by atoms with Gasteiger partial charge in [0.1, 0.15) is 16.5 Å². The van der Waals surface area contributed by atoms with Crippen molar-refractivity contribution in [3.05, 3.63) is 52.2 Å². The molecule has 2 saturated heterocycles. The summed E-state index contributed by atoms with van der Waals surface area (Å²) >= 11 is 1.76. The molecule has 6 nitrogen and oxygen atoms in total. The average Bonchev–Trinajstić information content (AvgIpc) is 3.32. The molecule has 33 heavy (non-hydrogen) atoms. The highest BCUT2D eigenvalue weighted by Gasteiger charge is 2.34. The molecule has 1 unspecified atom stereocenters. The van der Waals surface area contributed by atoms with Gasteiger partial charge in [-0.25, -0.2) is 17.2 Å². The Morgan fingerprint density at radius 3 is 2.64 bits per heavy atom. The summed E-state index contributed by atoms with van der Waals surface area (Å²) < 4.78 is 54.1. The zero-order valence-electron chi connectivity index (χ0n) is 18.4. The molecule has 0 radical (unpaired) electrons. The van der Waals surface area contributed by atoms with E-state index >= 15 is 0 Å². The highest BCUT2D eigenvalue weighted by Crippen LogP contribution is 2.26. The minimum atomic E-state index is -4.14. The van der Waals surface area contributed by atoms with E-state index in [-0.39, 0.29) is 24.9 Å². The fraction of sp³-hybridized carbons (Fsp3) is 0.522. The molecule has 0 bridgehead atoms. The molecular formula is C23H29F2N3O3S2. The number of rotatable bonds is 7. The molecule has 4 rings (SSSR count). The van der Waals surface area contributed by atoms with Gasteiger partial charge in [-0.05, 0) is 67.8 Å². The van der Waals surface area contributed by atoms with Gasteiger partial charge in [-0.3, -0.25) is 9.69 Å². The predicted octanol–water partition coefficient (Wildman–Crippen LogP) is 3.46. The molecule has 10 heteroatoms. The Labute approximate surface area is 197 Å². The first-order valence-electron chi connectivity index (χ1n) is 11.3. The molecule has 1 atom stereocenters. The Kier molecular flexibility index (Phi) is 7.78. The lowest BCUT2D eigenvalue weighted by Crippen LogP contribution is -2.45. The van der Waals surface area contributed by atoms with Gasteiger partial charge in [0.05, 0.1) is 0 Å². The molecule has 2 aliphatic rings. The second-order valence-electron chi connectivity index (χ2n) is 8.82. The van der Waals surface area contributed by atoms with Crippen molar-refractivity contribution in [2.45, 2.75) is 37.1 Å². The molecule has 1 aromatic heterocycles. The lowest BCUT2D eigenvalue weighted by atomic mass is 9.95. The molecule has 1 aromatic carbocycles. The van der Waals surface area contributed by atoms with Crippen LogP contribution in [0, 0.1) is 23.5 Å². The van der Waals surface area contributed by atoms with Crippen molar-refractivity contribution >= 4 is 27.3 Å². The summed E-state index contributed by atoms with van der Waals surface area (Å²) in [4.78, 5) is 15.8. The van der Waals surface area contributed by atoms with Gasteiger partial charge in [-0.15, -0.1) is 11.3 Å². The van der Waals surface area contributed by atoms with Crippen molar-refractivity contribution < 1.29 is 22.0 Å². The number of nitrogens with one attached hydrogen (secondary N) is 1. The smallest absolute Gasteiger partial charge is 0.246 e. The Morgan fingerprint density at radius 2 is 1.91 bits per heavy atom. The van der Waals surface area contributed by atoms with Crippen LogP contribution in [0.1, 0.15) is 30.6 Å². The third-order valence-electron chi connectivity index (χ3n) is 6.46. The van der Waals surface area contributed by atoms with Crippen molar-refractivity contribution in [1.29, 1.82) is 0 Å². The topological polar surface area (TPSA) is 69.7 Å². The molecule has 1 amide bonds. The fourth-order valence-electron chi connectivity index (χ4n) is 4.65. The first-order valence-corrected chi connectivity index (χ1v) is 13.6. The zero-order valence-corrected chi connectivity index (χ0v) is 20.0. The fourth-order valence-corrected chi connectivity index (χ4v) is 6.94. The van der Waals surface area contributed by atoms with Gasteiger partial charge in [0.25, 0.3) is 0 Å². The summed E-state index contributed by atoms with van der Waals surface area (Å²) in [6.07, 6.45) is 2.91. The number of hydrogen-bond acceptors (Lipinski definition) is 5. The quantitative estimate of drug-likeness (QED) is 0.636. The number of hydrogen-bond donors (Lipinski definition) is 1. The molecule has 1 N–H and O–H groups in total. The van der Waals surface area contributed by atoms with Gasteiger partial charge in [0, 0.05) is 43.5 Å². The largest absolute Gasteiger partial charge is 0.356 e. The predicted molar refractivity (Wildman–Crippen MR) is 123 cm³/mol. The van der Waals surface area contributed by atoms with E-state index in [2.05, 4.69) is 27.7 Å². The second-order valence-corrected chi connectivity index (χ2v) is 11.8. The normalized spacial score (nSPS) is 21.2. The molecule has 180 valence electrons. The number of thiophene rings is 1. The highest BCUT2D eigenvalue weighted by molar-refractivity contribution is 7.89. The second kappa shape index (κ2) is 10.6. The lowest BCUT2D eigenvalue weighted by molar-refractivity contribution is -0.126. The third-order valence-corrected chi connectivity index (χ3v) is 9.24. The van der Waals surface area contributed by atoms with Crippen LogP contribution in [0.15, 0.2) is 40.6 Å². The van der Waals surface area contributed by atoms with Crippen LogP contribution in [-0.2, 0) is 21.4 Å². The van der Waals surface area contributed by atoms with Crippen LogP contribution in [0.4, 0.5) is 8.78 Å². The Bertz CT molecular complexity index is 1050. The van der Waals surface area contributed by atoms with E-state index in [0.717, 1.165) is 48.9 Å². The van der Waals surface area contributed by atoms with Gasteiger partial charge >= 0.3 is 0 Å². The first-order chi connectivity index (χ1) is 15.8. The monoisotopic (exact) mass is 497 g/mol. The minimum absolute atomic E-state index is 0.0561. The molecule has 2 aromatic rings. The maximum absolute atomic E-state index is 14.0. The maximum Gasteiger partial charge on any atom is 0.246 e. The number of sulfonamides is 1. The van der Waals surface area contributed by atoms with Gasteiger partial charge < -0.3 is 5.32 Å². The van der Waals surface area contributed by atoms with Crippen molar-refractivity contribution in [1.82, 2.24) is 14.5 Å². The van der Waals surface area contributed by atoms with E-state index in [1.165, 1.54) is 4.88 Å². The van der Waals surface area contributed by atoms with Crippen LogP contribution in [0.5, 0.6) is 0 Å². The van der Waals surface area contributed by atoms with Crippen molar-refractivity contribution in [2.24, 2.45) is 11.8 Å². The summed E-state index contributed by atoms with van der Waals surface area (Å²) in [5, 5.41) is 5.15. The minimum Gasteiger partial charge on any atom is -0.356 e. The highest BCUT2D eigenvalue weighted by atomic mass is 32.2. The van der Waals surface area contributed by atoms with E-state index in [9.17, 15) is 22.0 Å². The number of piperidine rings is 2. The maximum atomic E-state index is 14.0. The van der Waals surface area contributed by atoms with Crippen LogP contribution in [-0.4, -0.2) is 56.3 Å². The number of amides is 1. The summed E-state index contributed by atoms with van der Waals surface area (Å²) in [5.41, 5.74) is 0. The van der Waals surface area contributed by atoms with Crippen LogP contribution in [0.3, 0.4) is 0 Å². The summed E-state index contributed by atoms with van der Waals surface area (Å²) in [6.45, 7) is 3.80. The van der Waals surface area contributed by atoms with Crippen LogP contribution >= 0.6 is 11.3 Å². The van der Waals surface area contributed by atoms with Gasteiger partial charge in [-0.2, -0.15) is 4.31 Å². The number of halogens is 2. The van der Waals surface area contributed by atoms with E-state index in [1.54, 1.807) is 11.3 Å². The van der Waals surface area contributed by atoms with Crippen LogP contribution in [0.25, 0.3) is 0 Å². The standard InChI is InChI=1S/C23H29F2N3O3S2/c24-19-5-6-21(25)22(13-19)33(30,31)28-10-7-18(8-11-28)23(29)26-14-17-3-1-9-27(15-17)16-20-4-2-12-32-20/h2,4-6,12-13,17-18H,1,3,7-11,14-16H2,(H,26,29). The summed E-state index contributed by atoms with van der Waals surface area (Å²) in [5.74, 6) is -1.71. The van der Waals surface area contributed by atoms with E-state index in [4.69, 9.17) is 0 Å². The lowest BCUT2D eigenvalue weighted by Gasteiger charge is -2.33. The number of nitrogens with zero attached hydrogens (tertiary/aromatic N) is 2. The SMILES string of the molecule is O=C(NCC1CCCN(Cc2cccs2)C1)C1CCN(S(=O)(=O)c2cc(F)ccc2F)CC1. The van der Waals surface area contributed by atoms with Crippen LogP contribution in [0.2, 0.25) is 0 Å². The zero-order chi connectivity index (χ0) is 23.4. The van der Waals surface area contributed by atoms with Gasteiger partial charge in [-0.1, -0.05) is 6.07 Å². The molecule has 0 spiro atoms. The van der Waals surface area contributed by atoms with Crippen molar-refractivity contribution in [2.75, 3.05) is 32.7 Å². The number of carbonyl (C=O) groups is 1. The molecule has 3 heterocycles. The number of benzene rings is 1. The number of likely N-dealkylation sites (tertiary alicyclic amines) is 1. The van der Waals surface area contributed by atoms with Gasteiger partial charge in [0.2, 0.25) is 15.9 Å². The molecule has 0 aliphatic carbocycles. The summed E-state index contributed by atoms with van der Waals surface area (Å²) in [6, 6.07) is 6.61. The molecular weight excluding hydrogens is 468 g/mol. The van der Waals surface area contributed by atoms with Gasteiger partial charge in [0.15, 0.2) is 0 Å². The average molecular weight is 498 g/mol. The number of carbonyl (C=O) groups excluding carboxylic acids is 1. The van der Waals surface area contributed by atoms with Crippen molar-refractivity contribution in [3.8, 4) is 0 Å². The first kappa shape index (κ1) is 24.3. The Hall–Kier alpha value is -1.88. The van der Waals surface area contributed by atoms with E-state index in [0.29, 0.717) is 31.4 Å². The Morgan fingerprint density at radius 1 is 1.12 bits per heavy atom. The molecule has 2 aliphatic heterocycles. The van der Waals surface area contributed by atoms with E-state index in [1.807, 2.05) is 0 Å². The van der Waals surface area contributed by atoms with Crippen LogP contribution < -0.4 is 5.32 Å². The molecule has 0 saturated carbocycles. The molecule has 2 fully saturated rings. The van der Waals surface area contributed by atoms with E-state index < -0.39 is 26.6 Å². The third kappa shape index (κ3) is 5.98. The summed E-state index contributed by atoms with van der Waals surface area (Å²) in [7, 11) is -4.14.